The number of anilines is 1. The summed E-state index contributed by atoms with van der Waals surface area (Å²) >= 11 is 5.93. The molecule has 0 aliphatic rings. The summed E-state index contributed by atoms with van der Waals surface area (Å²) in [6, 6.07) is 12.5. The lowest BCUT2D eigenvalue weighted by atomic mass is 10.1. The lowest BCUT2D eigenvalue weighted by molar-refractivity contribution is -0.137. The summed E-state index contributed by atoms with van der Waals surface area (Å²) in [7, 11) is 0. The first kappa shape index (κ1) is 25.3. The molecule has 34 heavy (non-hydrogen) atoms. The van der Waals surface area contributed by atoms with Gasteiger partial charge >= 0.3 is 6.18 Å². The number of aliphatic imine (C=N–C) groups is 1. The molecule has 3 N–H and O–H groups in total. The van der Waals surface area contributed by atoms with Gasteiger partial charge in [0.15, 0.2) is 5.82 Å². The number of hydrogen-bond acceptors (Lipinski definition) is 3. The fourth-order valence-electron chi connectivity index (χ4n) is 2.92. The van der Waals surface area contributed by atoms with Crippen molar-refractivity contribution in [3.05, 3.63) is 70.7 Å². The summed E-state index contributed by atoms with van der Waals surface area (Å²) in [5.74, 6) is -0.271. The highest BCUT2D eigenvalue weighted by Gasteiger charge is 2.30. The number of H-pyrrole nitrogens is 1. The Morgan fingerprint density at radius 2 is 1.85 bits per heavy atom. The second-order valence-electron chi connectivity index (χ2n) is 7.34. The van der Waals surface area contributed by atoms with Crippen LogP contribution in [0.1, 0.15) is 29.8 Å². The van der Waals surface area contributed by atoms with E-state index in [4.69, 9.17) is 16.3 Å². The molecule has 0 bridgehead atoms. The number of benzene rings is 2. The van der Waals surface area contributed by atoms with Crippen molar-refractivity contribution in [3.63, 3.8) is 0 Å². The van der Waals surface area contributed by atoms with Gasteiger partial charge in [-0.1, -0.05) is 23.7 Å². The number of nitrogens with one attached hydrogen (secondary N) is 3. The van der Waals surface area contributed by atoms with Crippen molar-refractivity contribution in [1.29, 1.82) is 0 Å². The highest BCUT2D eigenvalue weighted by atomic mass is 35.5. The van der Waals surface area contributed by atoms with Crippen LogP contribution in [0.4, 0.5) is 19.0 Å². The van der Waals surface area contributed by atoms with E-state index in [1.165, 1.54) is 0 Å². The second kappa shape index (κ2) is 11.2. The molecule has 11 heteroatoms. The molecular formula is C23H23ClF3N5O2. The Bertz CT molecular complexity index is 1130. The standard InChI is InChI=1S/C23H23ClF3N5O2/c1-3-34-13-14(2)28-22(30-21(33)16-4-8-17(9-5-16)23(25,26)27)29-20-12-19(31-32-20)15-6-10-18(24)11-7-15/h4-12,14H,3,13H2,1-2H3,(H3,28,29,30,31,32,33)/t14-/m0/s1. The molecule has 2 aromatic carbocycles. The van der Waals surface area contributed by atoms with Crippen LogP contribution in [0.5, 0.6) is 0 Å². The molecule has 7 nitrogen and oxygen atoms in total. The number of amides is 1. The monoisotopic (exact) mass is 493 g/mol. The maximum absolute atomic E-state index is 12.8. The highest BCUT2D eigenvalue weighted by Crippen LogP contribution is 2.29. The number of carbonyl (C=O) groups excluding carboxylic acids is 1. The zero-order chi connectivity index (χ0) is 24.7. The number of guanidine groups is 1. The van der Waals surface area contributed by atoms with Gasteiger partial charge in [-0.2, -0.15) is 23.3 Å². The van der Waals surface area contributed by atoms with E-state index in [1.807, 2.05) is 26.0 Å². The van der Waals surface area contributed by atoms with Crippen LogP contribution in [-0.4, -0.2) is 41.3 Å². The molecule has 3 rings (SSSR count). The number of rotatable bonds is 7. The van der Waals surface area contributed by atoms with Gasteiger partial charge in [-0.15, -0.1) is 0 Å². The van der Waals surface area contributed by atoms with E-state index in [0.29, 0.717) is 29.7 Å². The maximum Gasteiger partial charge on any atom is 0.416 e. The average molecular weight is 494 g/mol. The van der Waals surface area contributed by atoms with Gasteiger partial charge in [0.05, 0.1) is 17.9 Å². The molecule has 0 saturated carbocycles. The molecule has 0 saturated heterocycles. The number of carbonyl (C=O) groups is 1. The van der Waals surface area contributed by atoms with E-state index in [9.17, 15) is 18.0 Å². The van der Waals surface area contributed by atoms with Crippen LogP contribution >= 0.6 is 11.6 Å². The molecular weight excluding hydrogens is 471 g/mol. The third kappa shape index (κ3) is 7.06. The minimum absolute atomic E-state index is 0.00967. The Balaban J connectivity index is 1.81. The Morgan fingerprint density at radius 1 is 1.18 bits per heavy atom. The van der Waals surface area contributed by atoms with Crippen LogP contribution in [0, 0.1) is 0 Å². The largest absolute Gasteiger partial charge is 0.416 e. The zero-order valence-electron chi connectivity index (χ0n) is 18.4. The van der Waals surface area contributed by atoms with Gasteiger partial charge in [0.2, 0.25) is 5.96 Å². The molecule has 0 radical (unpaired) electrons. The van der Waals surface area contributed by atoms with Gasteiger partial charge in [-0.05, 0) is 55.8 Å². The molecule has 0 fully saturated rings. The van der Waals surface area contributed by atoms with Crippen LogP contribution in [0.2, 0.25) is 5.02 Å². The predicted molar refractivity (Wildman–Crippen MR) is 125 cm³/mol. The van der Waals surface area contributed by atoms with Crippen molar-refractivity contribution in [2.75, 3.05) is 18.5 Å². The third-order valence-corrected chi connectivity index (χ3v) is 4.86. The predicted octanol–water partition coefficient (Wildman–Crippen LogP) is 5.37. The van der Waals surface area contributed by atoms with Crippen molar-refractivity contribution >= 4 is 29.3 Å². The fourth-order valence-corrected chi connectivity index (χ4v) is 3.04. The number of alkyl halides is 3. The third-order valence-electron chi connectivity index (χ3n) is 4.61. The summed E-state index contributed by atoms with van der Waals surface area (Å²) in [6.07, 6.45) is -4.49. The van der Waals surface area contributed by atoms with Crippen molar-refractivity contribution in [2.24, 2.45) is 4.99 Å². The SMILES string of the molecule is CCOC[C@H](C)N/C(=N/C(=O)c1ccc(C(F)(F)F)cc1)Nc1cc(-c2ccc(Cl)cc2)[nH]n1. The number of aromatic amines is 1. The number of hydrogen-bond donors (Lipinski definition) is 3. The molecule has 3 aromatic rings. The second-order valence-corrected chi connectivity index (χ2v) is 7.78. The van der Waals surface area contributed by atoms with E-state index in [2.05, 4.69) is 25.8 Å². The number of halogens is 4. The van der Waals surface area contributed by atoms with Gasteiger partial charge in [0, 0.05) is 29.3 Å². The topological polar surface area (TPSA) is 91.4 Å². The Morgan fingerprint density at radius 3 is 2.47 bits per heavy atom. The molecule has 0 aliphatic heterocycles. The molecule has 1 heterocycles. The first-order chi connectivity index (χ1) is 16.2. The number of aromatic nitrogens is 2. The average Bonchev–Trinajstić information content (AvgIpc) is 3.26. The smallest absolute Gasteiger partial charge is 0.380 e. The minimum atomic E-state index is -4.49. The Hall–Kier alpha value is -3.37. The molecule has 180 valence electrons. The summed E-state index contributed by atoms with van der Waals surface area (Å²) in [5, 5.41) is 13.6. The summed E-state index contributed by atoms with van der Waals surface area (Å²) < 4.78 is 43.8. The lowest BCUT2D eigenvalue weighted by Gasteiger charge is -2.17. The number of nitrogens with zero attached hydrogens (tertiary/aromatic N) is 2. The van der Waals surface area contributed by atoms with Crippen molar-refractivity contribution in [1.82, 2.24) is 15.5 Å². The normalized spacial score (nSPS) is 12.9. The van der Waals surface area contributed by atoms with E-state index in [0.717, 1.165) is 29.8 Å². The van der Waals surface area contributed by atoms with Gasteiger partial charge < -0.3 is 15.4 Å². The van der Waals surface area contributed by atoms with Crippen molar-refractivity contribution < 1.29 is 22.7 Å². The summed E-state index contributed by atoms with van der Waals surface area (Å²) in [6.45, 7) is 4.55. The minimum Gasteiger partial charge on any atom is -0.380 e. The van der Waals surface area contributed by atoms with Crippen LogP contribution in [-0.2, 0) is 10.9 Å². The van der Waals surface area contributed by atoms with E-state index >= 15 is 0 Å². The Labute approximate surface area is 199 Å². The summed E-state index contributed by atoms with van der Waals surface area (Å²) in [5.41, 5.74) is 0.716. The molecule has 1 amide bonds. The molecule has 0 spiro atoms. The van der Waals surface area contributed by atoms with Crippen LogP contribution in [0.15, 0.2) is 59.6 Å². The molecule has 0 aliphatic carbocycles. The first-order valence-corrected chi connectivity index (χ1v) is 10.8. The highest BCUT2D eigenvalue weighted by molar-refractivity contribution is 6.30. The van der Waals surface area contributed by atoms with E-state index in [-0.39, 0.29) is 17.6 Å². The van der Waals surface area contributed by atoms with Crippen molar-refractivity contribution in [3.8, 4) is 11.3 Å². The fraction of sp³-hybridized carbons (Fsp3) is 0.261. The van der Waals surface area contributed by atoms with Crippen LogP contribution < -0.4 is 10.6 Å². The van der Waals surface area contributed by atoms with Gasteiger partial charge in [0.25, 0.3) is 5.91 Å². The van der Waals surface area contributed by atoms with Gasteiger partial charge in [-0.25, -0.2) is 0 Å². The van der Waals surface area contributed by atoms with E-state index < -0.39 is 17.6 Å². The molecule has 0 unspecified atom stereocenters. The van der Waals surface area contributed by atoms with Gasteiger partial charge in [-0.3, -0.25) is 9.89 Å². The van der Waals surface area contributed by atoms with Gasteiger partial charge in [0.1, 0.15) is 0 Å². The lowest BCUT2D eigenvalue weighted by Crippen LogP contribution is -2.40. The quantitative estimate of drug-likeness (QED) is 0.304. The first-order valence-electron chi connectivity index (χ1n) is 10.4. The number of ether oxygens (including phenoxy) is 1. The van der Waals surface area contributed by atoms with Crippen LogP contribution in [0.3, 0.4) is 0 Å². The Kier molecular flexibility index (Phi) is 8.30. The van der Waals surface area contributed by atoms with Crippen molar-refractivity contribution in [2.45, 2.75) is 26.1 Å². The van der Waals surface area contributed by atoms with Crippen LogP contribution in [0.25, 0.3) is 11.3 Å². The molecule has 1 atom stereocenters. The molecule has 1 aromatic heterocycles. The summed E-state index contributed by atoms with van der Waals surface area (Å²) in [4.78, 5) is 16.7. The maximum atomic E-state index is 12.8. The zero-order valence-corrected chi connectivity index (χ0v) is 19.2. The van der Waals surface area contributed by atoms with E-state index in [1.54, 1.807) is 18.2 Å².